The maximum atomic E-state index is 13.5. The molecule has 1 aliphatic rings. The fraction of sp³-hybridized carbons (Fsp3) is 0.500. The molecular formula is C12H15F2NO3S. The van der Waals surface area contributed by atoms with Gasteiger partial charge in [0.15, 0.2) is 9.84 Å². The Hall–Kier alpha value is -1.05. The highest BCUT2D eigenvalue weighted by molar-refractivity contribution is 7.91. The summed E-state index contributed by atoms with van der Waals surface area (Å²) >= 11 is 0. The van der Waals surface area contributed by atoms with Gasteiger partial charge in [0.1, 0.15) is 11.6 Å². The Labute approximate surface area is 110 Å². The minimum Gasteiger partial charge on any atom is -0.387 e. The van der Waals surface area contributed by atoms with E-state index in [1.54, 1.807) is 4.90 Å². The van der Waals surface area contributed by atoms with E-state index in [0.29, 0.717) is 0 Å². The number of hydrogen-bond acceptors (Lipinski definition) is 4. The number of benzene rings is 1. The number of β-amino-alcohol motifs (C(OH)–C–C–N with tert-alkyl or cyclic N) is 1. The van der Waals surface area contributed by atoms with Crippen LogP contribution in [-0.4, -0.2) is 49.6 Å². The zero-order valence-corrected chi connectivity index (χ0v) is 11.0. The van der Waals surface area contributed by atoms with Crippen LogP contribution in [0.25, 0.3) is 0 Å². The summed E-state index contributed by atoms with van der Waals surface area (Å²) in [6.07, 6.45) is -1.30. The molecule has 2 rings (SSSR count). The SMILES string of the molecule is O=S1(=O)CCN(CC(O)c2c(F)cccc2F)CC1. The lowest BCUT2D eigenvalue weighted by atomic mass is 10.1. The first-order valence-electron chi connectivity index (χ1n) is 5.94. The first kappa shape index (κ1) is 14.4. The molecule has 1 unspecified atom stereocenters. The van der Waals surface area contributed by atoms with Crippen molar-refractivity contribution in [1.29, 1.82) is 0 Å². The average molecular weight is 291 g/mol. The van der Waals surface area contributed by atoms with Gasteiger partial charge in [-0.05, 0) is 12.1 Å². The Morgan fingerprint density at radius 2 is 1.74 bits per heavy atom. The van der Waals surface area contributed by atoms with Gasteiger partial charge in [-0.3, -0.25) is 4.90 Å². The van der Waals surface area contributed by atoms with Crippen LogP contribution in [0.1, 0.15) is 11.7 Å². The van der Waals surface area contributed by atoms with Crippen molar-refractivity contribution in [2.75, 3.05) is 31.1 Å². The van der Waals surface area contributed by atoms with Crippen LogP contribution in [-0.2, 0) is 9.84 Å². The van der Waals surface area contributed by atoms with Gasteiger partial charge >= 0.3 is 0 Å². The molecule has 106 valence electrons. The number of halogens is 2. The number of aliphatic hydroxyl groups is 1. The molecule has 0 spiro atoms. The van der Waals surface area contributed by atoms with Gasteiger partial charge in [-0.15, -0.1) is 0 Å². The van der Waals surface area contributed by atoms with Crippen LogP contribution >= 0.6 is 0 Å². The summed E-state index contributed by atoms with van der Waals surface area (Å²) in [6.45, 7) is 0.568. The summed E-state index contributed by atoms with van der Waals surface area (Å²) in [5.41, 5.74) is -0.365. The smallest absolute Gasteiger partial charge is 0.152 e. The largest absolute Gasteiger partial charge is 0.387 e. The predicted molar refractivity (Wildman–Crippen MR) is 66.4 cm³/mol. The van der Waals surface area contributed by atoms with E-state index in [2.05, 4.69) is 0 Å². The van der Waals surface area contributed by atoms with Crippen molar-refractivity contribution in [2.45, 2.75) is 6.10 Å². The van der Waals surface area contributed by atoms with Crippen LogP contribution in [0.3, 0.4) is 0 Å². The highest BCUT2D eigenvalue weighted by Crippen LogP contribution is 2.22. The molecule has 0 aromatic heterocycles. The molecule has 1 aromatic carbocycles. The topological polar surface area (TPSA) is 57.6 Å². The van der Waals surface area contributed by atoms with Crippen LogP contribution in [0.5, 0.6) is 0 Å². The van der Waals surface area contributed by atoms with Crippen molar-refractivity contribution in [3.8, 4) is 0 Å². The van der Waals surface area contributed by atoms with Crippen LogP contribution < -0.4 is 0 Å². The molecule has 0 radical (unpaired) electrons. The zero-order valence-electron chi connectivity index (χ0n) is 10.2. The molecule has 1 aromatic rings. The molecule has 1 N–H and O–H groups in total. The first-order chi connectivity index (χ1) is 8.89. The van der Waals surface area contributed by atoms with Gasteiger partial charge in [-0.25, -0.2) is 17.2 Å². The van der Waals surface area contributed by atoms with Crippen molar-refractivity contribution in [3.05, 3.63) is 35.4 Å². The second kappa shape index (κ2) is 5.52. The van der Waals surface area contributed by atoms with Crippen molar-refractivity contribution >= 4 is 9.84 Å². The Kier molecular flexibility index (Phi) is 4.17. The molecule has 1 saturated heterocycles. The molecule has 0 bridgehead atoms. The summed E-state index contributed by atoms with van der Waals surface area (Å²) in [6, 6.07) is 3.40. The highest BCUT2D eigenvalue weighted by atomic mass is 32.2. The third-order valence-corrected chi connectivity index (χ3v) is 4.81. The van der Waals surface area contributed by atoms with Gasteiger partial charge in [-0.2, -0.15) is 0 Å². The molecule has 1 aliphatic heterocycles. The quantitative estimate of drug-likeness (QED) is 0.892. The zero-order chi connectivity index (χ0) is 14.0. The van der Waals surface area contributed by atoms with Gasteiger partial charge in [0.2, 0.25) is 0 Å². The minimum atomic E-state index is -3.00. The van der Waals surface area contributed by atoms with E-state index in [0.717, 1.165) is 12.1 Å². The molecule has 1 fully saturated rings. The third kappa shape index (κ3) is 3.49. The maximum Gasteiger partial charge on any atom is 0.152 e. The lowest BCUT2D eigenvalue weighted by Gasteiger charge is -2.28. The molecule has 1 heterocycles. The van der Waals surface area contributed by atoms with Crippen LogP contribution in [0.15, 0.2) is 18.2 Å². The monoisotopic (exact) mass is 291 g/mol. The second-order valence-electron chi connectivity index (χ2n) is 4.60. The van der Waals surface area contributed by atoms with Crippen LogP contribution in [0.4, 0.5) is 8.78 Å². The fourth-order valence-electron chi connectivity index (χ4n) is 2.10. The number of aliphatic hydroxyl groups excluding tert-OH is 1. The Bertz CT molecular complexity index is 528. The van der Waals surface area contributed by atoms with E-state index in [1.807, 2.05) is 0 Å². The Balaban J connectivity index is 2.04. The molecule has 0 saturated carbocycles. The maximum absolute atomic E-state index is 13.5. The summed E-state index contributed by atoms with van der Waals surface area (Å²) < 4.78 is 49.4. The molecule has 1 atom stereocenters. The molecule has 0 amide bonds. The number of rotatable bonds is 3. The third-order valence-electron chi connectivity index (χ3n) is 3.20. The highest BCUT2D eigenvalue weighted by Gasteiger charge is 2.25. The van der Waals surface area contributed by atoms with Crippen LogP contribution in [0, 0.1) is 11.6 Å². The Morgan fingerprint density at radius 3 is 2.26 bits per heavy atom. The minimum absolute atomic E-state index is 0.0134. The van der Waals surface area contributed by atoms with E-state index in [4.69, 9.17) is 0 Å². The van der Waals surface area contributed by atoms with Gasteiger partial charge in [-0.1, -0.05) is 6.07 Å². The van der Waals surface area contributed by atoms with E-state index >= 15 is 0 Å². The van der Waals surface area contributed by atoms with Crippen LogP contribution in [0.2, 0.25) is 0 Å². The summed E-state index contributed by atoms with van der Waals surface area (Å²) in [7, 11) is -3.00. The first-order valence-corrected chi connectivity index (χ1v) is 7.76. The predicted octanol–water partition coefficient (Wildman–Crippen LogP) is 0.729. The summed E-state index contributed by atoms with van der Waals surface area (Å²) in [4.78, 5) is 1.69. The molecule has 7 heteroatoms. The lowest BCUT2D eigenvalue weighted by molar-refractivity contribution is 0.111. The van der Waals surface area contributed by atoms with Gasteiger partial charge < -0.3 is 5.11 Å². The summed E-state index contributed by atoms with van der Waals surface area (Å²) in [5, 5.41) is 9.89. The van der Waals surface area contributed by atoms with E-state index in [1.165, 1.54) is 6.07 Å². The number of nitrogens with zero attached hydrogens (tertiary/aromatic N) is 1. The van der Waals surface area contributed by atoms with E-state index in [9.17, 15) is 22.3 Å². The van der Waals surface area contributed by atoms with E-state index in [-0.39, 0.29) is 36.7 Å². The van der Waals surface area contributed by atoms with E-state index < -0.39 is 27.6 Å². The molecule has 19 heavy (non-hydrogen) atoms. The molecule has 0 aliphatic carbocycles. The lowest BCUT2D eigenvalue weighted by Crippen LogP contribution is -2.42. The van der Waals surface area contributed by atoms with Gasteiger partial charge in [0.25, 0.3) is 0 Å². The van der Waals surface area contributed by atoms with Gasteiger partial charge in [0, 0.05) is 19.6 Å². The standard InChI is InChI=1S/C12H15F2NO3S/c13-9-2-1-3-10(14)12(9)11(16)8-15-4-6-19(17,18)7-5-15/h1-3,11,16H,4-8H2. The Morgan fingerprint density at radius 1 is 1.21 bits per heavy atom. The fourth-order valence-corrected chi connectivity index (χ4v) is 3.37. The summed E-state index contributed by atoms with van der Waals surface area (Å²) in [5.74, 6) is -1.56. The van der Waals surface area contributed by atoms with Crippen molar-refractivity contribution in [3.63, 3.8) is 0 Å². The van der Waals surface area contributed by atoms with Gasteiger partial charge in [0.05, 0.1) is 23.2 Å². The second-order valence-corrected chi connectivity index (χ2v) is 6.91. The normalized spacial score (nSPS) is 21.2. The van der Waals surface area contributed by atoms with Crippen molar-refractivity contribution in [2.24, 2.45) is 0 Å². The number of sulfone groups is 1. The number of hydrogen-bond donors (Lipinski definition) is 1. The van der Waals surface area contributed by atoms with Crippen molar-refractivity contribution < 1.29 is 22.3 Å². The molecule has 4 nitrogen and oxygen atoms in total. The van der Waals surface area contributed by atoms with Crippen molar-refractivity contribution in [1.82, 2.24) is 4.90 Å². The average Bonchev–Trinajstić information content (AvgIpc) is 2.32. The molecular weight excluding hydrogens is 276 g/mol.